The maximum Gasteiger partial charge on any atom is 0.0939 e. The highest BCUT2D eigenvalue weighted by molar-refractivity contribution is 5.23. The topological polar surface area (TPSA) is 49.7 Å². The molecule has 0 aliphatic heterocycles. The van der Waals surface area contributed by atoms with Gasteiger partial charge in [-0.3, -0.25) is 5.26 Å². The van der Waals surface area contributed by atoms with E-state index in [0.717, 1.165) is 11.1 Å². The van der Waals surface area contributed by atoms with Crippen molar-refractivity contribution in [2.75, 3.05) is 0 Å². The Labute approximate surface area is 90.3 Å². The average Bonchev–Trinajstić information content (AvgIpc) is 2.20. The third-order valence-corrected chi connectivity index (χ3v) is 2.26. The summed E-state index contributed by atoms with van der Waals surface area (Å²) in [5, 5.41) is 17.6. The average molecular weight is 210 g/mol. The van der Waals surface area contributed by atoms with Gasteiger partial charge in [-0.25, -0.2) is 4.89 Å². The number of benzene rings is 1. The molecule has 0 aliphatic carbocycles. The lowest BCUT2D eigenvalue weighted by Gasteiger charge is -2.08. The first-order valence-electron chi connectivity index (χ1n) is 5.18. The second-order valence-corrected chi connectivity index (χ2v) is 3.99. The van der Waals surface area contributed by atoms with E-state index in [9.17, 15) is 5.11 Å². The summed E-state index contributed by atoms with van der Waals surface area (Å²) in [6.07, 6.45) is 0.862. The lowest BCUT2D eigenvalue weighted by molar-refractivity contribution is -0.273. The molecule has 3 nitrogen and oxygen atoms in total. The summed E-state index contributed by atoms with van der Waals surface area (Å²) in [4.78, 5) is 4.21. The zero-order chi connectivity index (χ0) is 11.3. The van der Waals surface area contributed by atoms with E-state index >= 15 is 0 Å². The molecule has 2 N–H and O–H groups in total. The number of hydrogen-bond acceptors (Lipinski definition) is 3. The van der Waals surface area contributed by atoms with E-state index in [0.29, 0.717) is 12.8 Å². The monoisotopic (exact) mass is 210 g/mol. The van der Waals surface area contributed by atoms with Crippen LogP contribution in [-0.2, 0) is 17.7 Å². The zero-order valence-electron chi connectivity index (χ0n) is 9.18. The molecule has 0 radical (unpaired) electrons. The predicted octanol–water partition coefficient (Wildman–Crippen LogP) is 2.03. The highest BCUT2D eigenvalue weighted by atomic mass is 17.1. The van der Waals surface area contributed by atoms with Crippen molar-refractivity contribution < 1.29 is 15.3 Å². The standard InChI is InChI=1S/C12H18O3/c1-9(13)7-11-3-5-12(6-4-11)8-10(2)15-14/h3-6,9-10,13-14H,7-8H2,1-2H3. The minimum Gasteiger partial charge on any atom is -0.393 e. The van der Waals surface area contributed by atoms with Crippen LogP contribution in [0.3, 0.4) is 0 Å². The summed E-state index contributed by atoms with van der Waals surface area (Å²) < 4.78 is 0. The second-order valence-electron chi connectivity index (χ2n) is 3.99. The van der Waals surface area contributed by atoms with E-state index in [-0.39, 0.29) is 12.2 Å². The Kier molecular flexibility index (Phi) is 4.75. The largest absolute Gasteiger partial charge is 0.393 e. The van der Waals surface area contributed by atoms with E-state index in [2.05, 4.69) is 4.89 Å². The smallest absolute Gasteiger partial charge is 0.0939 e. The third-order valence-electron chi connectivity index (χ3n) is 2.26. The Bertz CT molecular complexity index is 279. The molecule has 0 bridgehead atoms. The minimum atomic E-state index is -0.310. The van der Waals surface area contributed by atoms with Crippen molar-refractivity contribution >= 4 is 0 Å². The van der Waals surface area contributed by atoms with Gasteiger partial charge in [0.2, 0.25) is 0 Å². The summed E-state index contributed by atoms with van der Waals surface area (Å²) in [7, 11) is 0. The van der Waals surface area contributed by atoms with E-state index < -0.39 is 0 Å². The van der Waals surface area contributed by atoms with Gasteiger partial charge in [-0.2, -0.15) is 0 Å². The molecule has 84 valence electrons. The first-order valence-corrected chi connectivity index (χ1v) is 5.18. The zero-order valence-corrected chi connectivity index (χ0v) is 9.18. The van der Waals surface area contributed by atoms with Crippen molar-refractivity contribution in [3.05, 3.63) is 35.4 Å². The molecule has 0 saturated carbocycles. The lowest BCUT2D eigenvalue weighted by Crippen LogP contribution is -2.09. The van der Waals surface area contributed by atoms with Crippen LogP contribution in [-0.4, -0.2) is 22.6 Å². The Morgan fingerprint density at radius 1 is 1.07 bits per heavy atom. The highest BCUT2D eigenvalue weighted by Crippen LogP contribution is 2.09. The molecule has 1 aromatic rings. The van der Waals surface area contributed by atoms with Crippen LogP contribution in [0.4, 0.5) is 0 Å². The Morgan fingerprint density at radius 3 is 1.93 bits per heavy atom. The van der Waals surface area contributed by atoms with Gasteiger partial charge in [0.1, 0.15) is 0 Å². The Balaban J connectivity index is 2.56. The molecule has 0 aliphatic rings. The fourth-order valence-corrected chi connectivity index (χ4v) is 1.52. The van der Waals surface area contributed by atoms with Gasteiger partial charge in [0, 0.05) is 6.42 Å². The number of hydrogen-bond donors (Lipinski definition) is 2. The molecular formula is C12H18O3. The fraction of sp³-hybridized carbons (Fsp3) is 0.500. The molecule has 0 heterocycles. The minimum absolute atomic E-state index is 0.187. The van der Waals surface area contributed by atoms with Gasteiger partial charge in [0.15, 0.2) is 0 Å². The van der Waals surface area contributed by atoms with Crippen LogP contribution in [0.15, 0.2) is 24.3 Å². The van der Waals surface area contributed by atoms with Gasteiger partial charge < -0.3 is 5.11 Å². The first-order chi connectivity index (χ1) is 7.11. The highest BCUT2D eigenvalue weighted by Gasteiger charge is 2.04. The van der Waals surface area contributed by atoms with Gasteiger partial charge in [0.05, 0.1) is 12.2 Å². The summed E-state index contributed by atoms with van der Waals surface area (Å²) in [6.45, 7) is 3.58. The van der Waals surface area contributed by atoms with Crippen molar-refractivity contribution in [2.45, 2.75) is 38.9 Å². The van der Waals surface area contributed by atoms with Crippen LogP contribution in [0.25, 0.3) is 0 Å². The molecule has 0 aromatic heterocycles. The third kappa shape index (κ3) is 4.42. The van der Waals surface area contributed by atoms with Crippen LogP contribution in [0.2, 0.25) is 0 Å². The maximum atomic E-state index is 9.21. The van der Waals surface area contributed by atoms with Crippen molar-refractivity contribution in [2.24, 2.45) is 0 Å². The molecule has 2 unspecified atom stereocenters. The molecule has 3 heteroatoms. The van der Waals surface area contributed by atoms with Crippen molar-refractivity contribution in [3.63, 3.8) is 0 Å². The summed E-state index contributed by atoms with van der Waals surface area (Å²) >= 11 is 0. The molecule has 0 fully saturated rings. The summed E-state index contributed by atoms with van der Waals surface area (Å²) in [5.41, 5.74) is 2.23. The van der Waals surface area contributed by atoms with Crippen molar-refractivity contribution in [1.82, 2.24) is 0 Å². The first kappa shape index (κ1) is 12.2. The molecule has 15 heavy (non-hydrogen) atoms. The van der Waals surface area contributed by atoms with Gasteiger partial charge >= 0.3 is 0 Å². The molecular weight excluding hydrogens is 192 g/mol. The molecule has 1 rings (SSSR count). The van der Waals surface area contributed by atoms with Crippen molar-refractivity contribution in [1.29, 1.82) is 0 Å². The van der Waals surface area contributed by atoms with Crippen LogP contribution >= 0.6 is 0 Å². The van der Waals surface area contributed by atoms with Gasteiger partial charge in [-0.1, -0.05) is 24.3 Å². The van der Waals surface area contributed by atoms with Crippen LogP contribution in [0.5, 0.6) is 0 Å². The normalized spacial score (nSPS) is 14.9. The fourth-order valence-electron chi connectivity index (χ4n) is 1.52. The van der Waals surface area contributed by atoms with E-state index in [1.54, 1.807) is 6.92 Å². The van der Waals surface area contributed by atoms with Gasteiger partial charge in [-0.15, -0.1) is 0 Å². The number of rotatable bonds is 5. The van der Waals surface area contributed by atoms with E-state index in [1.807, 2.05) is 31.2 Å². The Morgan fingerprint density at radius 2 is 1.53 bits per heavy atom. The molecule has 2 atom stereocenters. The Hall–Kier alpha value is -0.900. The van der Waals surface area contributed by atoms with Crippen molar-refractivity contribution in [3.8, 4) is 0 Å². The summed E-state index contributed by atoms with van der Waals surface area (Å²) in [5.74, 6) is 0. The van der Waals surface area contributed by atoms with Gasteiger partial charge in [-0.05, 0) is 31.4 Å². The number of aliphatic hydroxyl groups excluding tert-OH is 1. The summed E-state index contributed by atoms with van der Waals surface area (Å²) in [6, 6.07) is 7.97. The SMILES string of the molecule is CC(O)Cc1ccc(CC(C)OO)cc1. The molecule has 1 aromatic carbocycles. The number of aliphatic hydroxyl groups is 1. The quantitative estimate of drug-likeness (QED) is 0.577. The molecule has 0 amide bonds. The van der Waals surface area contributed by atoms with Crippen LogP contribution in [0.1, 0.15) is 25.0 Å². The van der Waals surface area contributed by atoms with Gasteiger partial charge in [0.25, 0.3) is 0 Å². The predicted molar refractivity (Wildman–Crippen MR) is 58.7 cm³/mol. The van der Waals surface area contributed by atoms with Crippen LogP contribution in [0, 0.1) is 0 Å². The lowest BCUT2D eigenvalue weighted by atomic mass is 10.0. The van der Waals surface area contributed by atoms with E-state index in [4.69, 9.17) is 5.26 Å². The van der Waals surface area contributed by atoms with E-state index in [1.165, 1.54) is 0 Å². The molecule has 0 saturated heterocycles. The van der Waals surface area contributed by atoms with Crippen LogP contribution < -0.4 is 0 Å². The second kappa shape index (κ2) is 5.85. The molecule has 0 spiro atoms. The maximum absolute atomic E-state index is 9.21.